The number of rotatable bonds is 6. The molecule has 1 aliphatic rings. The summed E-state index contributed by atoms with van der Waals surface area (Å²) in [6.45, 7) is 7.24. The molecule has 0 spiro atoms. The topological polar surface area (TPSA) is 67.2 Å². The van der Waals surface area contributed by atoms with Gasteiger partial charge in [0.1, 0.15) is 0 Å². The van der Waals surface area contributed by atoms with Crippen LogP contribution in [0.4, 0.5) is 5.95 Å². The molecule has 2 aromatic rings. The summed E-state index contributed by atoms with van der Waals surface area (Å²) in [5.41, 5.74) is 4.30. The fourth-order valence-corrected chi connectivity index (χ4v) is 4.22. The van der Waals surface area contributed by atoms with Crippen molar-refractivity contribution in [3.05, 3.63) is 34.9 Å². The molecule has 29 heavy (non-hydrogen) atoms. The van der Waals surface area contributed by atoms with E-state index < -0.39 is 0 Å². The van der Waals surface area contributed by atoms with E-state index in [1.807, 2.05) is 38.7 Å². The predicted molar refractivity (Wildman–Crippen MR) is 115 cm³/mol. The first-order valence-electron chi connectivity index (χ1n) is 10.5. The minimum absolute atomic E-state index is 0.0742. The Kier molecular flexibility index (Phi) is 6.55. The maximum atomic E-state index is 11.5. The van der Waals surface area contributed by atoms with Crippen LogP contribution in [0.2, 0.25) is 0 Å². The molecule has 158 valence electrons. The van der Waals surface area contributed by atoms with E-state index in [0.29, 0.717) is 18.4 Å². The highest BCUT2D eigenvalue weighted by Crippen LogP contribution is 2.36. The highest BCUT2D eigenvalue weighted by Gasteiger charge is 2.26. The lowest BCUT2D eigenvalue weighted by Gasteiger charge is -2.30. The van der Waals surface area contributed by atoms with E-state index in [0.717, 1.165) is 42.4 Å². The van der Waals surface area contributed by atoms with Gasteiger partial charge in [0.25, 0.3) is 0 Å². The van der Waals surface area contributed by atoms with Gasteiger partial charge in [-0.3, -0.25) is 9.48 Å². The molecule has 1 saturated carbocycles. The first kappa shape index (κ1) is 21.3. The van der Waals surface area contributed by atoms with Gasteiger partial charge in [0.15, 0.2) is 0 Å². The molecule has 7 heteroatoms. The lowest BCUT2D eigenvalue weighted by Crippen LogP contribution is -2.29. The molecule has 0 N–H and O–H groups in total. The molecular weight excluding hydrogens is 364 g/mol. The zero-order valence-corrected chi connectivity index (χ0v) is 18.6. The summed E-state index contributed by atoms with van der Waals surface area (Å²) in [6.07, 6.45) is 4.70. The number of hydrogen-bond acceptors (Lipinski definition) is 5. The van der Waals surface area contributed by atoms with Gasteiger partial charge in [-0.1, -0.05) is 0 Å². The maximum Gasteiger partial charge on any atom is 0.225 e. The zero-order valence-electron chi connectivity index (χ0n) is 18.6. The molecule has 0 aromatic carbocycles. The highest BCUT2D eigenvalue weighted by molar-refractivity contribution is 5.72. The second-order valence-corrected chi connectivity index (χ2v) is 8.61. The number of hydrogen-bond donors (Lipinski definition) is 0. The molecule has 0 atom stereocenters. The molecule has 0 saturated heterocycles. The van der Waals surface area contributed by atoms with E-state index in [1.165, 1.54) is 18.5 Å². The van der Waals surface area contributed by atoms with Crippen LogP contribution in [0.5, 0.6) is 0 Å². The average Bonchev–Trinajstić information content (AvgIpc) is 3.02. The predicted octanol–water partition coefficient (Wildman–Crippen LogP) is 3.22. The maximum absolute atomic E-state index is 11.5. The Balaban J connectivity index is 1.56. The molecule has 1 amide bonds. The van der Waals surface area contributed by atoms with Crippen LogP contribution in [-0.2, 0) is 18.4 Å². The molecule has 0 unspecified atom stereocenters. The Morgan fingerprint density at radius 1 is 1.10 bits per heavy atom. The standard InChI is InChI=1S/C22H34N6O/c1-15-11-16(2)24-22(23-15)27(5)13-18-7-9-19(10-8-18)21-12-20(28(6)25-21)14-26(4)17(3)29/h11-12,18-19H,7-10,13-14H2,1-6H3. The van der Waals surface area contributed by atoms with Crippen LogP contribution in [0, 0.1) is 19.8 Å². The van der Waals surface area contributed by atoms with Crippen molar-refractivity contribution in [2.24, 2.45) is 13.0 Å². The number of amides is 1. The van der Waals surface area contributed by atoms with Crippen LogP contribution < -0.4 is 4.90 Å². The second kappa shape index (κ2) is 8.93. The number of nitrogens with zero attached hydrogens (tertiary/aromatic N) is 6. The van der Waals surface area contributed by atoms with Crippen LogP contribution in [-0.4, -0.2) is 51.2 Å². The largest absolute Gasteiger partial charge is 0.344 e. The van der Waals surface area contributed by atoms with Gasteiger partial charge in [0.2, 0.25) is 11.9 Å². The summed E-state index contributed by atoms with van der Waals surface area (Å²) in [7, 11) is 5.89. The van der Waals surface area contributed by atoms with Gasteiger partial charge < -0.3 is 9.80 Å². The smallest absolute Gasteiger partial charge is 0.225 e. The highest BCUT2D eigenvalue weighted by atomic mass is 16.2. The van der Waals surface area contributed by atoms with Gasteiger partial charge in [0.05, 0.1) is 17.9 Å². The molecule has 0 bridgehead atoms. The van der Waals surface area contributed by atoms with Gasteiger partial charge in [-0.05, 0) is 57.6 Å². The molecule has 1 aliphatic carbocycles. The number of anilines is 1. The lowest BCUT2D eigenvalue weighted by molar-refractivity contribution is -0.128. The van der Waals surface area contributed by atoms with Gasteiger partial charge in [-0.15, -0.1) is 0 Å². The summed E-state index contributed by atoms with van der Waals surface area (Å²) < 4.78 is 1.92. The third-order valence-electron chi connectivity index (χ3n) is 6.04. The van der Waals surface area contributed by atoms with E-state index in [4.69, 9.17) is 5.10 Å². The fraction of sp³-hybridized carbons (Fsp3) is 0.636. The molecule has 2 heterocycles. The average molecular weight is 399 g/mol. The summed E-state index contributed by atoms with van der Waals surface area (Å²) in [4.78, 5) is 24.6. The molecule has 2 aromatic heterocycles. The Hall–Kier alpha value is -2.44. The van der Waals surface area contributed by atoms with Crippen molar-refractivity contribution in [1.29, 1.82) is 0 Å². The summed E-state index contributed by atoms with van der Waals surface area (Å²) in [5, 5.41) is 4.75. The van der Waals surface area contributed by atoms with Crippen molar-refractivity contribution < 1.29 is 4.79 Å². The van der Waals surface area contributed by atoms with Crippen molar-refractivity contribution in [2.45, 2.75) is 58.9 Å². The first-order chi connectivity index (χ1) is 13.7. The van der Waals surface area contributed by atoms with Gasteiger partial charge in [-0.25, -0.2) is 9.97 Å². The van der Waals surface area contributed by atoms with Crippen molar-refractivity contribution >= 4 is 11.9 Å². The lowest BCUT2D eigenvalue weighted by atomic mass is 9.80. The summed E-state index contributed by atoms with van der Waals surface area (Å²) in [5.74, 6) is 2.07. The Bertz CT molecular complexity index is 833. The van der Waals surface area contributed by atoms with Gasteiger partial charge >= 0.3 is 0 Å². The minimum atomic E-state index is 0.0742. The quantitative estimate of drug-likeness (QED) is 0.747. The van der Waals surface area contributed by atoms with Crippen molar-refractivity contribution in [1.82, 2.24) is 24.6 Å². The van der Waals surface area contributed by atoms with E-state index >= 15 is 0 Å². The number of aryl methyl sites for hydroxylation is 3. The second-order valence-electron chi connectivity index (χ2n) is 8.61. The van der Waals surface area contributed by atoms with Crippen LogP contribution in [0.25, 0.3) is 0 Å². The summed E-state index contributed by atoms with van der Waals surface area (Å²) in [6, 6.07) is 4.19. The molecular formula is C22H34N6O. The fourth-order valence-electron chi connectivity index (χ4n) is 4.22. The van der Waals surface area contributed by atoms with Crippen LogP contribution in [0.3, 0.4) is 0 Å². The van der Waals surface area contributed by atoms with Crippen LogP contribution >= 0.6 is 0 Å². The van der Waals surface area contributed by atoms with Gasteiger partial charge in [0, 0.05) is 51.9 Å². The van der Waals surface area contributed by atoms with Crippen molar-refractivity contribution in [3.63, 3.8) is 0 Å². The molecule has 0 aliphatic heterocycles. The molecule has 1 fully saturated rings. The Morgan fingerprint density at radius 3 is 2.31 bits per heavy atom. The monoisotopic (exact) mass is 398 g/mol. The van der Waals surface area contributed by atoms with Crippen LogP contribution in [0.15, 0.2) is 12.1 Å². The van der Waals surface area contributed by atoms with Crippen LogP contribution in [0.1, 0.15) is 61.3 Å². The number of aromatic nitrogens is 4. The van der Waals surface area contributed by atoms with Crippen molar-refractivity contribution in [3.8, 4) is 0 Å². The van der Waals surface area contributed by atoms with Gasteiger partial charge in [-0.2, -0.15) is 5.10 Å². The summed E-state index contributed by atoms with van der Waals surface area (Å²) >= 11 is 0. The van der Waals surface area contributed by atoms with Crippen molar-refractivity contribution in [2.75, 3.05) is 25.5 Å². The first-order valence-corrected chi connectivity index (χ1v) is 10.5. The minimum Gasteiger partial charge on any atom is -0.344 e. The van der Waals surface area contributed by atoms with E-state index in [9.17, 15) is 4.79 Å². The number of carbonyl (C=O) groups excluding carboxylic acids is 1. The number of carbonyl (C=O) groups is 1. The Labute approximate surface area is 174 Å². The Morgan fingerprint density at radius 2 is 1.72 bits per heavy atom. The van der Waals surface area contributed by atoms with E-state index in [1.54, 1.807) is 11.8 Å². The molecule has 3 rings (SSSR count). The zero-order chi connectivity index (χ0) is 21.1. The van der Waals surface area contributed by atoms with E-state index in [2.05, 4.69) is 28.0 Å². The molecule has 0 radical (unpaired) electrons. The SMILES string of the molecule is CC(=O)N(C)Cc1cc(C2CCC(CN(C)c3nc(C)cc(C)n3)CC2)nn1C. The normalized spacial score (nSPS) is 19.2. The van der Waals surface area contributed by atoms with E-state index in [-0.39, 0.29) is 5.91 Å². The molecule has 7 nitrogen and oxygen atoms in total. The third kappa shape index (κ3) is 5.34. The third-order valence-corrected chi connectivity index (χ3v) is 6.04.